The highest BCUT2D eigenvalue weighted by molar-refractivity contribution is 5.75. The van der Waals surface area contributed by atoms with E-state index in [1.165, 1.54) is 0 Å². The van der Waals surface area contributed by atoms with Crippen LogP contribution in [0.2, 0.25) is 0 Å². The van der Waals surface area contributed by atoms with Gasteiger partial charge in [0.25, 0.3) is 0 Å². The van der Waals surface area contributed by atoms with E-state index in [2.05, 4.69) is 19.3 Å². The SMILES string of the molecule is CC(C)C[C@@H]1C(=O)OC[C@H]1NOCc1ccccc1. The lowest BCUT2D eigenvalue weighted by atomic mass is 9.93. The molecule has 0 spiro atoms. The molecule has 1 saturated heterocycles. The molecule has 104 valence electrons. The first-order valence-corrected chi connectivity index (χ1v) is 6.74. The van der Waals surface area contributed by atoms with Gasteiger partial charge in [0, 0.05) is 0 Å². The van der Waals surface area contributed by atoms with Gasteiger partial charge in [0.05, 0.1) is 18.6 Å². The molecule has 0 unspecified atom stereocenters. The molecule has 1 aromatic rings. The van der Waals surface area contributed by atoms with E-state index in [0.29, 0.717) is 19.1 Å². The molecule has 1 aliphatic heterocycles. The third-order valence-corrected chi connectivity index (χ3v) is 3.24. The second-order valence-electron chi connectivity index (χ2n) is 5.36. The maximum atomic E-state index is 11.6. The van der Waals surface area contributed by atoms with Crippen molar-refractivity contribution < 1.29 is 14.4 Å². The van der Waals surface area contributed by atoms with Gasteiger partial charge in [-0.1, -0.05) is 44.2 Å². The van der Waals surface area contributed by atoms with Crippen LogP contribution in [0.4, 0.5) is 0 Å². The number of hydroxylamine groups is 1. The Bertz CT molecular complexity index is 405. The second-order valence-corrected chi connectivity index (χ2v) is 5.36. The van der Waals surface area contributed by atoms with Gasteiger partial charge in [-0.3, -0.25) is 9.63 Å². The van der Waals surface area contributed by atoms with Gasteiger partial charge in [0.1, 0.15) is 6.61 Å². The summed E-state index contributed by atoms with van der Waals surface area (Å²) in [5.74, 6) is 0.249. The van der Waals surface area contributed by atoms with Gasteiger partial charge >= 0.3 is 5.97 Å². The number of cyclic esters (lactones) is 1. The first-order valence-electron chi connectivity index (χ1n) is 6.74. The molecule has 19 heavy (non-hydrogen) atoms. The average Bonchev–Trinajstić information content (AvgIpc) is 2.72. The molecule has 1 heterocycles. The summed E-state index contributed by atoms with van der Waals surface area (Å²) in [7, 11) is 0. The fourth-order valence-corrected chi connectivity index (χ4v) is 2.25. The summed E-state index contributed by atoms with van der Waals surface area (Å²) in [6.07, 6.45) is 0.825. The van der Waals surface area contributed by atoms with Gasteiger partial charge < -0.3 is 4.74 Å². The molecule has 0 amide bonds. The zero-order chi connectivity index (χ0) is 13.7. The summed E-state index contributed by atoms with van der Waals surface area (Å²) < 4.78 is 5.10. The van der Waals surface area contributed by atoms with Crippen molar-refractivity contribution in [3.63, 3.8) is 0 Å². The predicted molar refractivity (Wildman–Crippen MR) is 72.1 cm³/mol. The Morgan fingerprint density at radius 1 is 1.37 bits per heavy atom. The van der Waals surface area contributed by atoms with Crippen LogP contribution < -0.4 is 5.48 Å². The van der Waals surface area contributed by atoms with E-state index in [1.54, 1.807) is 0 Å². The summed E-state index contributed by atoms with van der Waals surface area (Å²) in [5, 5.41) is 0. The van der Waals surface area contributed by atoms with Crippen LogP contribution in [0, 0.1) is 11.8 Å². The molecule has 1 aromatic carbocycles. The number of benzene rings is 1. The molecule has 0 radical (unpaired) electrons. The molecular formula is C15H21NO3. The van der Waals surface area contributed by atoms with Crippen LogP contribution in [0.1, 0.15) is 25.8 Å². The average molecular weight is 263 g/mol. The van der Waals surface area contributed by atoms with Crippen LogP contribution in [0.3, 0.4) is 0 Å². The van der Waals surface area contributed by atoms with Gasteiger partial charge in [0.15, 0.2) is 0 Å². The normalized spacial score (nSPS) is 22.8. The Kier molecular flexibility index (Phi) is 4.93. The van der Waals surface area contributed by atoms with E-state index in [1.807, 2.05) is 30.3 Å². The quantitative estimate of drug-likeness (QED) is 0.632. The number of carbonyl (C=O) groups excluding carboxylic acids is 1. The molecule has 0 bridgehead atoms. The first-order chi connectivity index (χ1) is 9.16. The van der Waals surface area contributed by atoms with Crippen LogP contribution in [0.15, 0.2) is 30.3 Å². The lowest BCUT2D eigenvalue weighted by Crippen LogP contribution is -2.37. The fourth-order valence-electron chi connectivity index (χ4n) is 2.25. The zero-order valence-electron chi connectivity index (χ0n) is 11.5. The van der Waals surface area contributed by atoms with Gasteiger partial charge in [-0.25, -0.2) is 0 Å². The number of esters is 1. The topological polar surface area (TPSA) is 47.6 Å². The monoisotopic (exact) mass is 263 g/mol. The summed E-state index contributed by atoms with van der Waals surface area (Å²) in [5.41, 5.74) is 4.07. The first kappa shape index (κ1) is 14.0. The number of hydrogen-bond donors (Lipinski definition) is 1. The van der Waals surface area contributed by atoms with Crippen LogP contribution in [-0.4, -0.2) is 18.6 Å². The van der Waals surface area contributed by atoms with E-state index in [-0.39, 0.29) is 17.9 Å². The van der Waals surface area contributed by atoms with Crippen LogP contribution in [-0.2, 0) is 21.0 Å². The molecular weight excluding hydrogens is 242 g/mol. The third-order valence-electron chi connectivity index (χ3n) is 3.24. The van der Waals surface area contributed by atoms with Crippen molar-refractivity contribution in [2.24, 2.45) is 11.8 Å². The Morgan fingerprint density at radius 3 is 2.79 bits per heavy atom. The van der Waals surface area contributed by atoms with E-state index in [0.717, 1.165) is 12.0 Å². The highest BCUT2D eigenvalue weighted by Gasteiger charge is 2.37. The molecule has 2 atom stereocenters. The van der Waals surface area contributed by atoms with E-state index in [4.69, 9.17) is 9.57 Å². The smallest absolute Gasteiger partial charge is 0.310 e. The number of nitrogens with one attached hydrogen (secondary N) is 1. The van der Waals surface area contributed by atoms with Crippen LogP contribution >= 0.6 is 0 Å². The standard InChI is InChI=1S/C15H21NO3/c1-11(2)8-13-14(10-18-15(13)17)16-19-9-12-6-4-3-5-7-12/h3-7,11,13-14,16H,8-10H2,1-2H3/t13-,14+/m0/s1. The maximum Gasteiger partial charge on any atom is 0.310 e. The summed E-state index contributed by atoms with van der Waals surface area (Å²) >= 11 is 0. The highest BCUT2D eigenvalue weighted by Crippen LogP contribution is 2.23. The van der Waals surface area contributed by atoms with Gasteiger partial charge in [0.2, 0.25) is 0 Å². The molecule has 0 aliphatic carbocycles. The lowest BCUT2D eigenvalue weighted by Gasteiger charge is -2.18. The second kappa shape index (κ2) is 6.68. The molecule has 4 heteroatoms. The molecule has 1 fully saturated rings. The minimum Gasteiger partial charge on any atom is -0.464 e. The van der Waals surface area contributed by atoms with Crippen molar-refractivity contribution in [1.29, 1.82) is 0 Å². The van der Waals surface area contributed by atoms with E-state index in [9.17, 15) is 4.79 Å². The Labute approximate surface area is 114 Å². The van der Waals surface area contributed by atoms with Crippen molar-refractivity contribution in [3.05, 3.63) is 35.9 Å². The van der Waals surface area contributed by atoms with Crippen molar-refractivity contribution in [2.75, 3.05) is 6.61 Å². The minimum atomic E-state index is -0.116. The van der Waals surface area contributed by atoms with Crippen molar-refractivity contribution >= 4 is 5.97 Å². The third kappa shape index (κ3) is 4.04. The Morgan fingerprint density at radius 2 is 2.11 bits per heavy atom. The fraction of sp³-hybridized carbons (Fsp3) is 0.533. The largest absolute Gasteiger partial charge is 0.464 e. The van der Waals surface area contributed by atoms with E-state index >= 15 is 0 Å². The van der Waals surface area contributed by atoms with Crippen molar-refractivity contribution in [2.45, 2.75) is 32.9 Å². The number of carbonyl (C=O) groups is 1. The number of rotatable bonds is 6. The van der Waals surface area contributed by atoms with Gasteiger partial charge in [-0.15, -0.1) is 0 Å². The summed E-state index contributed by atoms with van der Waals surface area (Å²) in [4.78, 5) is 17.1. The molecule has 1 aliphatic rings. The summed E-state index contributed by atoms with van der Waals surface area (Å²) in [6, 6.07) is 9.88. The lowest BCUT2D eigenvalue weighted by molar-refractivity contribution is -0.141. The van der Waals surface area contributed by atoms with Gasteiger partial charge in [-0.2, -0.15) is 5.48 Å². The van der Waals surface area contributed by atoms with Crippen LogP contribution in [0.5, 0.6) is 0 Å². The van der Waals surface area contributed by atoms with Crippen LogP contribution in [0.25, 0.3) is 0 Å². The predicted octanol–water partition coefficient (Wildman–Crippen LogP) is 2.30. The molecule has 2 rings (SSSR count). The highest BCUT2D eigenvalue weighted by atomic mass is 16.6. The Hall–Kier alpha value is -1.39. The minimum absolute atomic E-state index is 0.0430. The molecule has 1 N–H and O–H groups in total. The van der Waals surface area contributed by atoms with E-state index < -0.39 is 0 Å². The molecule has 0 aromatic heterocycles. The van der Waals surface area contributed by atoms with Gasteiger partial charge in [-0.05, 0) is 17.9 Å². The Balaban J connectivity index is 1.80. The maximum absolute atomic E-state index is 11.6. The number of hydrogen-bond acceptors (Lipinski definition) is 4. The van der Waals surface area contributed by atoms with Crippen molar-refractivity contribution in [1.82, 2.24) is 5.48 Å². The molecule has 4 nitrogen and oxygen atoms in total. The van der Waals surface area contributed by atoms with Crippen molar-refractivity contribution in [3.8, 4) is 0 Å². The number of ether oxygens (including phenoxy) is 1. The molecule has 0 saturated carbocycles. The zero-order valence-corrected chi connectivity index (χ0v) is 11.5. The summed E-state index contributed by atoms with van der Waals surface area (Å²) in [6.45, 7) is 5.09.